The van der Waals surface area contributed by atoms with Gasteiger partial charge in [0.05, 0.1) is 6.04 Å². The first kappa shape index (κ1) is 22.1. The molecule has 0 saturated carbocycles. The molecule has 162 valence electrons. The summed E-state index contributed by atoms with van der Waals surface area (Å²) < 4.78 is 7.49. The maximum atomic E-state index is 12.9. The van der Waals surface area contributed by atoms with E-state index in [1.807, 2.05) is 37.3 Å². The number of ether oxygens (including phenoxy) is 1. The number of pyridine rings is 1. The molecule has 30 heavy (non-hydrogen) atoms. The summed E-state index contributed by atoms with van der Waals surface area (Å²) in [4.78, 5) is 26.5. The van der Waals surface area contributed by atoms with Gasteiger partial charge in [-0.05, 0) is 48.4 Å². The molecule has 1 aliphatic rings. The maximum absolute atomic E-state index is 12.9. The molecule has 6 heteroatoms. The molecule has 1 N–H and O–H groups in total. The zero-order valence-electron chi connectivity index (χ0n) is 18.3. The highest BCUT2D eigenvalue weighted by Crippen LogP contribution is 2.38. The molecule has 1 amide bonds. The van der Waals surface area contributed by atoms with Crippen LogP contribution in [0, 0.1) is 5.92 Å². The quantitative estimate of drug-likeness (QED) is 0.742. The van der Waals surface area contributed by atoms with E-state index in [1.54, 1.807) is 28.8 Å². The third kappa shape index (κ3) is 4.43. The van der Waals surface area contributed by atoms with E-state index >= 15 is 0 Å². The number of hydrogen-bond donors (Lipinski definition) is 1. The van der Waals surface area contributed by atoms with Crippen molar-refractivity contribution in [2.75, 3.05) is 13.2 Å². The fourth-order valence-corrected chi connectivity index (χ4v) is 4.15. The summed E-state index contributed by atoms with van der Waals surface area (Å²) in [6, 6.07) is 11.4. The summed E-state index contributed by atoms with van der Waals surface area (Å²) in [7, 11) is 1.73. The number of aliphatic hydroxyl groups excluding tert-OH is 1. The second-order valence-electron chi connectivity index (χ2n) is 8.52. The highest BCUT2D eigenvalue weighted by atomic mass is 16.6. The number of aliphatic hydroxyl groups is 1. The first-order valence-electron chi connectivity index (χ1n) is 10.6. The Morgan fingerprint density at radius 1 is 1.10 bits per heavy atom. The number of aryl methyl sites for hydroxylation is 1. The Labute approximate surface area is 178 Å². The normalized spacial score (nSPS) is 20.3. The third-order valence-electron chi connectivity index (χ3n) is 6.41. The monoisotopic (exact) mass is 412 g/mol. The predicted octanol–water partition coefficient (Wildman–Crippen LogP) is 4.12. The van der Waals surface area contributed by atoms with E-state index < -0.39 is 5.60 Å². The predicted molar refractivity (Wildman–Crippen MR) is 117 cm³/mol. The van der Waals surface area contributed by atoms with Crippen LogP contribution >= 0.6 is 0 Å². The van der Waals surface area contributed by atoms with E-state index in [2.05, 4.69) is 13.8 Å². The second-order valence-corrected chi connectivity index (χ2v) is 8.52. The Hall–Kier alpha value is -2.60. The zero-order chi connectivity index (χ0) is 21.9. The molecule has 1 aromatic carbocycles. The lowest BCUT2D eigenvalue weighted by Gasteiger charge is -2.45. The Bertz CT molecular complexity index is 935. The summed E-state index contributed by atoms with van der Waals surface area (Å²) in [6.07, 6.45) is 3.53. The molecule has 1 saturated heterocycles. The van der Waals surface area contributed by atoms with Crippen LogP contribution in [0.4, 0.5) is 4.79 Å². The van der Waals surface area contributed by atoms with Crippen molar-refractivity contribution in [1.82, 2.24) is 9.47 Å². The van der Waals surface area contributed by atoms with Gasteiger partial charge < -0.3 is 19.3 Å². The minimum Gasteiger partial charge on any atom is -0.442 e. The number of nitrogens with zero attached hydrogens (tertiary/aromatic N) is 2. The van der Waals surface area contributed by atoms with Crippen molar-refractivity contribution in [3.63, 3.8) is 0 Å². The zero-order valence-corrected chi connectivity index (χ0v) is 18.3. The number of cyclic esters (lactones) is 1. The van der Waals surface area contributed by atoms with Crippen LogP contribution in [0.3, 0.4) is 0 Å². The van der Waals surface area contributed by atoms with Crippen LogP contribution in [0.5, 0.6) is 0 Å². The van der Waals surface area contributed by atoms with E-state index in [-0.39, 0.29) is 30.2 Å². The summed E-state index contributed by atoms with van der Waals surface area (Å²) >= 11 is 0. The topological polar surface area (TPSA) is 71.8 Å². The molecule has 6 nitrogen and oxygen atoms in total. The van der Waals surface area contributed by atoms with Crippen molar-refractivity contribution in [2.45, 2.75) is 51.7 Å². The Kier molecular flexibility index (Phi) is 6.66. The molecule has 0 radical (unpaired) electrons. The smallest absolute Gasteiger partial charge is 0.410 e. The molecule has 3 rings (SSSR count). The number of amides is 1. The van der Waals surface area contributed by atoms with E-state index in [4.69, 9.17) is 4.74 Å². The summed E-state index contributed by atoms with van der Waals surface area (Å²) in [6.45, 7) is 6.87. The SMILES string of the molecule is CC(C)[C@@]1(CCCO)CCN([C@@H](C)c2ccc(-c3ccn(C)c(=O)c3)cc2)C(=O)O1. The van der Waals surface area contributed by atoms with Gasteiger partial charge in [-0.25, -0.2) is 4.79 Å². The third-order valence-corrected chi connectivity index (χ3v) is 6.41. The lowest BCUT2D eigenvalue weighted by molar-refractivity contribution is -0.0894. The van der Waals surface area contributed by atoms with Gasteiger partial charge >= 0.3 is 6.09 Å². The van der Waals surface area contributed by atoms with E-state index in [1.165, 1.54) is 0 Å². The van der Waals surface area contributed by atoms with Crippen LogP contribution in [0.2, 0.25) is 0 Å². The standard InChI is InChI=1S/C24H32N2O4/c1-17(2)24(11-5-15-27)12-14-26(23(29)30-24)18(3)19-6-8-20(9-7-19)21-10-13-25(4)22(28)16-21/h6-10,13,16-18,27H,5,11-12,14-15H2,1-4H3/t18-,24+/m0/s1. The lowest BCUT2D eigenvalue weighted by Crippen LogP contribution is -2.52. The average molecular weight is 413 g/mol. The molecule has 2 aromatic rings. The number of hydrogen-bond acceptors (Lipinski definition) is 4. The molecule has 0 unspecified atom stereocenters. The van der Waals surface area contributed by atoms with Gasteiger partial charge in [0.25, 0.3) is 5.56 Å². The fourth-order valence-electron chi connectivity index (χ4n) is 4.15. The number of benzene rings is 1. The van der Waals surface area contributed by atoms with Gasteiger partial charge in [0.15, 0.2) is 0 Å². The Morgan fingerprint density at radius 3 is 2.37 bits per heavy atom. The van der Waals surface area contributed by atoms with Crippen molar-refractivity contribution in [3.05, 3.63) is 58.5 Å². The molecule has 2 atom stereocenters. The van der Waals surface area contributed by atoms with Gasteiger partial charge in [0.2, 0.25) is 0 Å². The van der Waals surface area contributed by atoms with E-state index in [0.29, 0.717) is 19.4 Å². The van der Waals surface area contributed by atoms with Crippen LogP contribution in [0.25, 0.3) is 11.1 Å². The van der Waals surface area contributed by atoms with Gasteiger partial charge in [-0.1, -0.05) is 38.1 Å². The van der Waals surface area contributed by atoms with Crippen LogP contribution in [-0.2, 0) is 11.8 Å². The maximum Gasteiger partial charge on any atom is 0.410 e. The lowest BCUT2D eigenvalue weighted by atomic mass is 9.81. The van der Waals surface area contributed by atoms with Crippen LogP contribution in [-0.4, -0.2) is 39.4 Å². The van der Waals surface area contributed by atoms with Crippen molar-refractivity contribution < 1.29 is 14.6 Å². The van der Waals surface area contributed by atoms with Crippen LogP contribution in [0.1, 0.15) is 51.6 Å². The van der Waals surface area contributed by atoms with Crippen molar-refractivity contribution in [3.8, 4) is 11.1 Å². The minimum atomic E-state index is -0.501. The van der Waals surface area contributed by atoms with Crippen molar-refractivity contribution >= 4 is 6.09 Å². The van der Waals surface area contributed by atoms with Crippen molar-refractivity contribution in [2.24, 2.45) is 13.0 Å². The first-order valence-corrected chi connectivity index (χ1v) is 10.6. The van der Waals surface area contributed by atoms with Crippen LogP contribution in [0.15, 0.2) is 47.4 Å². The van der Waals surface area contributed by atoms with Gasteiger partial charge in [-0.15, -0.1) is 0 Å². The highest BCUT2D eigenvalue weighted by molar-refractivity contribution is 5.70. The molecular weight excluding hydrogens is 380 g/mol. The van der Waals surface area contributed by atoms with E-state index in [0.717, 1.165) is 23.1 Å². The summed E-state index contributed by atoms with van der Waals surface area (Å²) in [5.41, 5.74) is 2.31. The van der Waals surface area contributed by atoms with Crippen molar-refractivity contribution in [1.29, 1.82) is 0 Å². The van der Waals surface area contributed by atoms with Gasteiger partial charge in [-0.2, -0.15) is 0 Å². The Balaban J connectivity index is 1.74. The first-order chi connectivity index (χ1) is 14.3. The average Bonchev–Trinajstić information content (AvgIpc) is 2.74. The van der Waals surface area contributed by atoms with Gasteiger partial charge in [0.1, 0.15) is 5.60 Å². The number of carbonyl (C=O) groups is 1. The fraction of sp³-hybridized carbons (Fsp3) is 0.500. The largest absolute Gasteiger partial charge is 0.442 e. The number of rotatable bonds is 7. The molecule has 1 aliphatic heterocycles. The van der Waals surface area contributed by atoms with Crippen LogP contribution < -0.4 is 5.56 Å². The molecule has 1 aromatic heterocycles. The minimum absolute atomic E-state index is 0.0455. The molecule has 1 fully saturated rings. The molecule has 0 spiro atoms. The number of carbonyl (C=O) groups excluding carboxylic acids is 1. The molecule has 0 bridgehead atoms. The molecule has 2 heterocycles. The molecule has 0 aliphatic carbocycles. The highest BCUT2D eigenvalue weighted by Gasteiger charge is 2.43. The summed E-state index contributed by atoms with van der Waals surface area (Å²) in [5.74, 6) is 0.198. The van der Waals surface area contributed by atoms with Gasteiger partial charge in [0, 0.05) is 38.9 Å². The molecular formula is C24H32N2O4. The number of aromatic nitrogens is 1. The Morgan fingerprint density at radius 2 is 1.80 bits per heavy atom. The second kappa shape index (κ2) is 9.04. The summed E-state index contributed by atoms with van der Waals surface area (Å²) in [5, 5.41) is 9.21. The van der Waals surface area contributed by atoms with Gasteiger partial charge in [-0.3, -0.25) is 4.79 Å². The van der Waals surface area contributed by atoms with E-state index in [9.17, 15) is 14.7 Å².